The third kappa shape index (κ3) is 2.83. The third-order valence-corrected chi connectivity index (χ3v) is 5.79. The highest BCUT2D eigenvalue weighted by Gasteiger charge is 2.22. The lowest BCUT2D eigenvalue weighted by atomic mass is 9.94. The van der Waals surface area contributed by atoms with Crippen molar-refractivity contribution in [2.75, 3.05) is 5.32 Å². The van der Waals surface area contributed by atoms with Crippen LogP contribution in [0.1, 0.15) is 34.9 Å². The van der Waals surface area contributed by atoms with E-state index in [1.54, 1.807) is 11.3 Å². The summed E-state index contributed by atoms with van der Waals surface area (Å²) in [5.74, 6) is 0. The summed E-state index contributed by atoms with van der Waals surface area (Å²) in [6.07, 6.45) is 3.57. The van der Waals surface area contributed by atoms with E-state index in [1.807, 2.05) is 0 Å². The maximum Gasteiger partial charge on any atom is 0.0934 e. The van der Waals surface area contributed by atoms with Crippen LogP contribution in [0.2, 0.25) is 4.34 Å². The third-order valence-electron chi connectivity index (χ3n) is 3.60. The maximum atomic E-state index is 6.15. The number of rotatable bonds is 2. The van der Waals surface area contributed by atoms with Crippen molar-refractivity contribution in [3.8, 4) is 0 Å². The van der Waals surface area contributed by atoms with Gasteiger partial charge in [0, 0.05) is 15.0 Å². The van der Waals surface area contributed by atoms with E-state index in [0.29, 0.717) is 6.04 Å². The summed E-state index contributed by atoms with van der Waals surface area (Å²) < 4.78 is 2.06. The van der Waals surface area contributed by atoms with Crippen LogP contribution in [0.4, 0.5) is 5.69 Å². The van der Waals surface area contributed by atoms with Crippen LogP contribution in [0.5, 0.6) is 0 Å². The normalized spacial score (nSPS) is 18.2. The van der Waals surface area contributed by atoms with Gasteiger partial charge < -0.3 is 5.32 Å². The molecule has 4 heteroatoms. The summed E-state index contributed by atoms with van der Waals surface area (Å²) in [5, 5.41) is 3.64. The van der Waals surface area contributed by atoms with Crippen molar-refractivity contribution < 1.29 is 0 Å². The molecule has 0 saturated carbocycles. The van der Waals surface area contributed by atoms with Crippen LogP contribution in [0.15, 0.2) is 28.7 Å². The first kappa shape index (κ1) is 13.5. The molecule has 1 atom stereocenters. The quantitative estimate of drug-likeness (QED) is 0.699. The molecule has 0 fully saturated rings. The summed E-state index contributed by atoms with van der Waals surface area (Å²) in [7, 11) is 0. The maximum absolute atomic E-state index is 6.15. The summed E-state index contributed by atoms with van der Waals surface area (Å²) in [5.41, 5.74) is 3.81. The first-order chi connectivity index (χ1) is 9.13. The Morgan fingerprint density at radius 2 is 2.21 bits per heavy atom. The number of thiophene rings is 1. The number of fused-ring (bicyclic) bond motifs is 1. The smallest absolute Gasteiger partial charge is 0.0934 e. The number of hydrogen-bond acceptors (Lipinski definition) is 2. The average Bonchev–Trinajstić information content (AvgIpc) is 2.75. The molecule has 0 radical (unpaired) electrons. The lowest BCUT2D eigenvalue weighted by Crippen LogP contribution is -2.15. The average molecular weight is 357 g/mol. The van der Waals surface area contributed by atoms with E-state index < -0.39 is 0 Å². The molecule has 3 rings (SSSR count). The Bertz CT molecular complexity index is 608. The van der Waals surface area contributed by atoms with Crippen molar-refractivity contribution in [2.45, 2.75) is 32.2 Å². The minimum atomic E-state index is 0.391. The van der Waals surface area contributed by atoms with Crippen molar-refractivity contribution in [1.29, 1.82) is 0 Å². The highest BCUT2D eigenvalue weighted by atomic mass is 79.9. The molecule has 1 heterocycles. The summed E-state index contributed by atoms with van der Waals surface area (Å²) in [4.78, 5) is 1.44. The Balaban J connectivity index is 1.86. The molecule has 1 aliphatic rings. The molecule has 1 aliphatic carbocycles. The highest BCUT2D eigenvalue weighted by molar-refractivity contribution is 9.10. The first-order valence-corrected chi connectivity index (χ1v) is 8.43. The molecular formula is C15H15BrClNS. The van der Waals surface area contributed by atoms with Crippen LogP contribution < -0.4 is 5.32 Å². The fourth-order valence-electron chi connectivity index (χ4n) is 2.56. The molecule has 19 heavy (non-hydrogen) atoms. The molecule has 0 amide bonds. The van der Waals surface area contributed by atoms with Gasteiger partial charge in [-0.2, -0.15) is 0 Å². The van der Waals surface area contributed by atoms with Crippen LogP contribution in [0.25, 0.3) is 0 Å². The monoisotopic (exact) mass is 355 g/mol. The molecule has 1 nitrogen and oxygen atoms in total. The van der Waals surface area contributed by atoms with Gasteiger partial charge in [0.15, 0.2) is 0 Å². The fraction of sp³-hybridized carbons (Fsp3) is 0.333. The van der Waals surface area contributed by atoms with Gasteiger partial charge in [-0.15, -0.1) is 11.3 Å². The van der Waals surface area contributed by atoms with Crippen LogP contribution in [0.3, 0.4) is 0 Å². The van der Waals surface area contributed by atoms with E-state index in [1.165, 1.54) is 35.3 Å². The van der Waals surface area contributed by atoms with Crippen molar-refractivity contribution >= 4 is 44.6 Å². The second kappa shape index (κ2) is 5.47. The molecule has 1 N–H and O–H groups in total. The fourth-order valence-corrected chi connectivity index (χ4v) is 4.32. The van der Waals surface area contributed by atoms with Gasteiger partial charge in [-0.3, -0.25) is 0 Å². The predicted octanol–water partition coefficient (Wildman–Crippen LogP) is 5.96. The molecule has 2 aromatic rings. The van der Waals surface area contributed by atoms with Crippen molar-refractivity contribution in [3.05, 3.63) is 49.1 Å². The van der Waals surface area contributed by atoms with Crippen LogP contribution >= 0.6 is 38.9 Å². The Morgan fingerprint density at radius 3 is 3.00 bits per heavy atom. The Kier molecular flexibility index (Phi) is 3.88. The molecule has 1 unspecified atom stereocenters. The van der Waals surface area contributed by atoms with Gasteiger partial charge in [0.25, 0.3) is 0 Å². The number of anilines is 1. The molecular weight excluding hydrogens is 342 g/mol. The Labute approximate surface area is 131 Å². The van der Waals surface area contributed by atoms with Gasteiger partial charge in [-0.25, -0.2) is 0 Å². The van der Waals surface area contributed by atoms with Gasteiger partial charge >= 0.3 is 0 Å². The zero-order valence-corrected chi connectivity index (χ0v) is 13.8. The number of halogens is 2. The second-order valence-corrected chi connectivity index (χ2v) is 7.60. The predicted molar refractivity (Wildman–Crippen MR) is 87.5 cm³/mol. The summed E-state index contributed by atoms with van der Waals surface area (Å²) in [6.45, 7) is 2.10. The number of hydrogen-bond donors (Lipinski definition) is 1. The van der Waals surface area contributed by atoms with Crippen LogP contribution in [0, 0.1) is 6.92 Å². The van der Waals surface area contributed by atoms with E-state index >= 15 is 0 Å². The van der Waals surface area contributed by atoms with E-state index in [4.69, 9.17) is 11.6 Å². The van der Waals surface area contributed by atoms with Gasteiger partial charge in [0.05, 0.1) is 10.4 Å². The van der Waals surface area contributed by atoms with E-state index in [9.17, 15) is 0 Å². The lowest BCUT2D eigenvalue weighted by Gasteiger charge is -2.24. The number of benzene rings is 1. The Morgan fingerprint density at radius 1 is 1.37 bits per heavy atom. The molecule has 0 spiro atoms. The van der Waals surface area contributed by atoms with Gasteiger partial charge in [-0.1, -0.05) is 33.6 Å². The molecule has 0 saturated heterocycles. The van der Waals surface area contributed by atoms with Crippen molar-refractivity contribution in [2.24, 2.45) is 0 Å². The molecule has 0 aliphatic heterocycles. The SMILES string of the molecule is Cc1ccc(NC2CCCc3sc(Cl)cc32)cc1Br. The van der Waals surface area contributed by atoms with Gasteiger partial charge in [0.1, 0.15) is 0 Å². The van der Waals surface area contributed by atoms with Crippen molar-refractivity contribution in [1.82, 2.24) is 0 Å². The lowest BCUT2D eigenvalue weighted by molar-refractivity contribution is 0.609. The van der Waals surface area contributed by atoms with Crippen LogP contribution in [-0.4, -0.2) is 0 Å². The van der Waals surface area contributed by atoms with Gasteiger partial charge in [0.2, 0.25) is 0 Å². The minimum Gasteiger partial charge on any atom is -0.378 e. The van der Waals surface area contributed by atoms with E-state index in [-0.39, 0.29) is 0 Å². The molecule has 1 aromatic heterocycles. The minimum absolute atomic E-state index is 0.391. The van der Waals surface area contributed by atoms with Gasteiger partial charge in [-0.05, 0) is 55.5 Å². The molecule has 0 bridgehead atoms. The van der Waals surface area contributed by atoms with Crippen molar-refractivity contribution in [3.63, 3.8) is 0 Å². The highest BCUT2D eigenvalue weighted by Crippen LogP contribution is 2.39. The van der Waals surface area contributed by atoms with Crippen LogP contribution in [-0.2, 0) is 6.42 Å². The number of aryl methyl sites for hydroxylation is 2. The molecule has 100 valence electrons. The largest absolute Gasteiger partial charge is 0.378 e. The standard InChI is InChI=1S/C15H15BrClNS/c1-9-5-6-10(7-12(9)16)18-13-3-2-4-14-11(13)8-15(17)19-14/h5-8,13,18H,2-4H2,1H3. The topological polar surface area (TPSA) is 12.0 Å². The zero-order valence-electron chi connectivity index (χ0n) is 10.7. The summed E-state index contributed by atoms with van der Waals surface area (Å²) >= 11 is 11.5. The number of nitrogens with one attached hydrogen (secondary N) is 1. The second-order valence-electron chi connectivity index (χ2n) is 4.98. The Hall–Kier alpha value is -0.510. The molecule has 1 aromatic carbocycles. The van der Waals surface area contributed by atoms with E-state index in [0.717, 1.165) is 14.5 Å². The first-order valence-electron chi connectivity index (χ1n) is 6.44. The zero-order chi connectivity index (χ0) is 13.4. The summed E-state index contributed by atoms with van der Waals surface area (Å²) in [6, 6.07) is 8.94. The van der Waals surface area contributed by atoms with E-state index in [2.05, 4.69) is 52.4 Å².